The maximum atomic E-state index is 8.73. The van der Waals surface area contributed by atoms with Gasteiger partial charge in [-0.15, -0.1) is 0 Å². The molecule has 0 saturated heterocycles. The Morgan fingerprint density at radius 1 is 1.86 bits per heavy atom. The van der Waals surface area contributed by atoms with Gasteiger partial charge in [0.2, 0.25) is 0 Å². The second kappa shape index (κ2) is 1.20. The van der Waals surface area contributed by atoms with Crippen LogP contribution in [-0.4, -0.2) is 22.9 Å². The summed E-state index contributed by atoms with van der Waals surface area (Å²) in [4.78, 5) is 0. The highest BCUT2D eigenvalue weighted by Gasteiger charge is 2.48. The van der Waals surface area contributed by atoms with Crippen LogP contribution in [0.3, 0.4) is 0 Å². The number of hydrogen-bond donors (Lipinski definition) is 2. The molecule has 1 aliphatic carbocycles. The normalized spacial score (nSPS) is 49.3. The van der Waals surface area contributed by atoms with Crippen LogP contribution in [0.15, 0.2) is 0 Å². The van der Waals surface area contributed by atoms with Crippen LogP contribution in [0.5, 0.6) is 0 Å². The van der Waals surface area contributed by atoms with E-state index >= 15 is 0 Å². The fourth-order valence-corrected chi connectivity index (χ4v) is 0.553. The van der Waals surface area contributed by atoms with Crippen molar-refractivity contribution < 1.29 is 10.2 Å². The third-order valence-corrected chi connectivity index (χ3v) is 1.67. The minimum absolute atomic E-state index is 0.119. The SMILES string of the molecule is C[C@]1(CO)C[C@H]1O. The first kappa shape index (κ1) is 5.06. The first-order chi connectivity index (χ1) is 3.19. The van der Waals surface area contributed by atoms with E-state index in [0.29, 0.717) is 0 Å². The predicted octanol–water partition coefficient (Wildman–Crippen LogP) is -0.250. The molecule has 0 aromatic heterocycles. The van der Waals surface area contributed by atoms with Gasteiger partial charge in [-0.2, -0.15) is 0 Å². The predicted molar refractivity (Wildman–Crippen MR) is 25.8 cm³/mol. The number of aliphatic hydroxyl groups excluding tert-OH is 2. The van der Waals surface area contributed by atoms with Gasteiger partial charge < -0.3 is 10.2 Å². The van der Waals surface area contributed by atoms with Crippen molar-refractivity contribution in [2.24, 2.45) is 5.41 Å². The molecule has 1 aliphatic rings. The Bertz CT molecular complexity index is 78.1. The van der Waals surface area contributed by atoms with E-state index < -0.39 is 0 Å². The van der Waals surface area contributed by atoms with Crippen LogP contribution >= 0.6 is 0 Å². The van der Waals surface area contributed by atoms with E-state index in [-0.39, 0.29) is 18.1 Å². The minimum Gasteiger partial charge on any atom is -0.396 e. The van der Waals surface area contributed by atoms with Gasteiger partial charge in [-0.1, -0.05) is 6.92 Å². The van der Waals surface area contributed by atoms with E-state index in [4.69, 9.17) is 10.2 Å². The molecule has 42 valence electrons. The fraction of sp³-hybridized carbons (Fsp3) is 1.00. The Kier molecular flexibility index (Phi) is 0.869. The summed E-state index contributed by atoms with van der Waals surface area (Å²) in [5.74, 6) is 0. The summed E-state index contributed by atoms with van der Waals surface area (Å²) in [6, 6.07) is 0. The standard InChI is InChI=1S/C5H10O2/c1-5(3-6)2-4(5)7/h4,6-7H,2-3H2,1H3/t4-,5-/m1/s1. The van der Waals surface area contributed by atoms with Crippen molar-refractivity contribution in [3.8, 4) is 0 Å². The molecule has 2 atom stereocenters. The van der Waals surface area contributed by atoms with Gasteiger partial charge in [-0.05, 0) is 6.42 Å². The molecule has 2 heteroatoms. The zero-order valence-electron chi connectivity index (χ0n) is 4.39. The van der Waals surface area contributed by atoms with Gasteiger partial charge in [0.1, 0.15) is 0 Å². The average molecular weight is 102 g/mol. The van der Waals surface area contributed by atoms with Crippen LogP contribution < -0.4 is 0 Å². The lowest BCUT2D eigenvalue weighted by Crippen LogP contribution is -2.05. The minimum atomic E-state index is -0.238. The van der Waals surface area contributed by atoms with Crippen molar-refractivity contribution in [2.45, 2.75) is 19.4 Å². The van der Waals surface area contributed by atoms with E-state index in [1.54, 1.807) is 0 Å². The van der Waals surface area contributed by atoms with Crippen molar-refractivity contribution in [2.75, 3.05) is 6.61 Å². The summed E-state index contributed by atoms with van der Waals surface area (Å²) < 4.78 is 0. The molecule has 2 nitrogen and oxygen atoms in total. The number of hydrogen-bond acceptors (Lipinski definition) is 2. The molecule has 1 rings (SSSR count). The van der Waals surface area contributed by atoms with Crippen LogP contribution in [0.2, 0.25) is 0 Å². The van der Waals surface area contributed by atoms with Gasteiger partial charge in [0.15, 0.2) is 0 Å². The van der Waals surface area contributed by atoms with E-state index in [9.17, 15) is 0 Å². The first-order valence-corrected chi connectivity index (χ1v) is 2.48. The van der Waals surface area contributed by atoms with E-state index in [2.05, 4.69) is 0 Å². The van der Waals surface area contributed by atoms with Gasteiger partial charge in [0.05, 0.1) is 12.7 Å². The third-order valence-electron chi connectivity index (χ3n) is 1.67. The summed E-state index contributed by atoms with van der Waals surface area (Å²) in [6.45, 7) is 1.99. The quantitative estimate of drug-likeness (QED) is 0.479. The van der Waals surface area contributed by atoms with Crippen LogP contribution in [0.4, 0.5) is 0 Å². The molecule has 1 fully saturated rings. The van der Waals surface area contributed by atoms with Gasteiger partial charge in [0, 0.05) is 5.41 Å². The van der Waals surface area contributed by atoms with Crippen LogP contribution in [-0.2, 0) is 0 Å². The molecule has 1 saturated carbocycles. The molecule has 0 unspecified atom stereocenters. The lowest BCUT2D eigenvalue weighted by molar-refractivity contribution is 0.158. The highest BCUT2D eigenvalue weighted by molar-refractivity contribution is 4.98. The highest BCUT2D eigenvalue weighted by Crippen LogP contribution is 2.44. The maximum absolute atomic E-state index is 8.73. The van der Waals surface area contributed by atoms with Crippen LogP contribution in [0, 0.1) is 5.41 Å². The molecule has 0 heterocycles. The van der Waals surface area contributed by atoms with Crippen LogP contribution in [0.1, 0.15) is 13.3 Å². The molecule has 0 aromatic rings. The Labute approximate surface area is 42.8 Å². The molecular formula is C5H10O2. The maximum Gasteiger partial charge on any atom is 0.0623 e. The van der Waals surface area contributed by atoms with Gasteiger partial charge in [-0.3, -0.25) is 0 Å². The summed E-state index contributed by atoms with van der Waals surface area (Å²) >= 11 is 0. The zero-order valence-corrected chi connectivity index (χ0v) is 4.39. The topological polar surface area (TPSA) is 40.5 Å². The molecular weight excluding hydrogens is 92.1 g/mol. The Morgan fingerprint density at radius 2 is 2.29 bits per heavy atom. The number of aliphatic hydroxyl groups is 2. The zero-order chi connectivity index (χ0) is 5.49. The molecule has 0 radical (unpaired) electrons. The van der Waals surface area contributed by atoms with Crippen molar-refractivity contribution >= 4 is 0 Å². The van der Waals surface area contributed by atoms with Crippen molar-refractivity contribution in [3.63, 3.8) is 0 Å². The van der Waals surface area contributed by atoms with Gasteiger partial charge in [-0.25, -0.2) is 0 Å². The molecule has 0 aromatic carbocycles. The van der Waals surface area contributed by atoms with Crippen LogP contribution in [0.25, 0.3) is 0 Å². The van der Waals surface area contributed by atoms with Crippen molar-refractivity contribution in [3.05, 3.63) is 0 Å². The molecule has 2 N–H and O–H groups in total. The lowest BCUT2D eigenvalue weighted by Gasteiger charge is -1.98. The fourth-order valence-electron chi connectivity index (χ4n) is 0.553. The van der Waals surface area contributed by atoms with Crippen molar-refractivity contribution in [1.82, 2.24) is 0 Å². The highest BCUT2D eigenvalue weighted by atomic mass is 16.3. The summed E-state index contributed by atoms with van der Waals surface area (Å²) in [5, 5.41) is 17.2. The first-order valence-electron chi connectivity index (χ1n) is 2.48. The lowest BCUT2D eigenvalue weighted by atomic mass is 10.2. The Hall–Kier alpha value is -0.0800. The summed E-state index contributed by atoms with van der Waals surface area (Å²) in [7, 11) is 0. The molecule has 7 heavy (non-hydrogen) atoms. The van der Waals surface area contributed by atoms with E-state index in [1.165, 1.54) is 0 Å². The average Bonchev–Trinajstić information content (AvgIpc) is 2.18. The number of rotatable bonds is 1. The van der Waals surface area contributed by atoms with E-state index in [0.717, 1.165) is 6.42 Å². The Morgan fingerprint density at radius 3 is 2.29 bits per heavy atom. The molecule has 0 amide bonds. The van der Waals surface area contributed by atoms with Gasteiger partial charge >= 0.3 is 0 Å². The molecule has 0 spiro atoms. The summed E-state index contributed by atoms with van der Waals surface area (Å²) in [5.41, 5.74) is -0.139. The Balaban J connectivity index is 2.36. The van der Waals surface area contributed by atoms with Gasteiger partial charge in [0.25, 0.3) is 0 Å². The summed E-state index contributed by atoms with van der Waals surface area (Å²) in [6.07, 6.45) is 0.529. The van der Waals surface area contributed by atoms with Crippen molar-refractivity contribution in [1.29, 1.82) is 0 Å². The second-order valence-electron chi connectivity index (χ2n) is 2.53. The molecule has 0 aliphatic heterocycles. The smallest absolute Gasteiger partial charge is 0.0623 e. The monoisotopic (exact) mass is 102 g/mol. The largest absolute Gasteiger partial charge is 0.396 e. The second-order valence-corrected chi connectivity index (χ2v) is 2.53. The molecule has 0 bridgehead atoms. The third kappa shape index (κ3) is 0.640. The van der Waals surface area contributed by atoms with E-state index in [1.807, 2.05) is 6.92 Å².